The van der Waals surface area contributed by atoms with E-state index in [1.807, 2.05) is 0 Å². The topological polar surface area (TPSA) is 30.0 Å². The summed E-state index contributed by atoms with van der Waals surface area (Å²) in [5.74, 6) is 0.827. The van der Waals surface area contributed by atoms with E-state index in [-0.39, 0.29) is 0 Å². The van der Waals surface area contributed by atoms with Crippen molar-refractivity contribution in [1.82, 2.24) is 14.7 Å². The van der Waals surface area contributed by atoms with Crippen molar-refractivity contribution in [2.24, 2.45) is 0 Å². The first kappa shape index (κ1) is 23.4. The summed E-state index contributed by atoms with van der Waals surface area (Å²) in [4.78, 5) is 22.4. The van der Waals surface area contributed by atoms with Crippen molar-refractivity contribution in [3.05, 3.63) is 54.1 Å². The SMILES string of the molecule is CC(C)c1ccccc1-c1ccc(N2CCN(CC(=O)N3CCN(C4CCC4)CC3)CC2)cc1. The van der Waals surface area contributed by atoms with Crippen LogP contribution in [0.15, 0.2) is 48.5 Å². The molecule has 3 aliphatic rings. The zero-order chi connectivity index (χ0) is 23.5. The molecule has 5 heteroatoms. The van der Waals surface area contributed by atoms with E-state index in [4.69, 9.17) is 0 Å². The second-order valence-electron chi connectivity index (χ2n) is 10.6. The molecule has 2 aromatic rings. The van der Waals surface area contributed by atoms with Gasteiger partial charge in [0.25, 0.3) is 0 Å². The fourth-order valence-corrected chi connectivity index (χ4v) is 5.66. The zero-order valence-corrected chi connectivity index (χ0v) is 21.0. The normalized spacial score (nSPS) is 20.6. The Morgan fingerprint density at radius 3 is 2.15 bits per heavy atom. The third kappa shape index (κ3) is 5.16. The number of hydrogen-bond acceptors (Lipinski definition) is 4. The largest absolute Gasteiger partial charge is 0.369 e. The minimum Gasteiger partial charge on any atom is -0.369 e. The molecular formula is C29H40N4O. The van der Waals surface area contributed by atoms with Gasteiger partial charge in [0, 0.05) is 64.1 Å². The molecule has 182 valence electrons. The average Bonchev–Trinajstić information content (AvgIpc) is 2.84. The molecule has 0 unspecified atom stereocenters. The number of nitrogens with zero attached hydrogens (tertiary/aromatic N) is 4. The molecule has 0 atom stereocenters. The fraction of sp³-hybridized carbons (Fsp3) is 0.552. The molecule has 0 N–H and O–H groups in total. The molecule has 1 saturated carbocycles. The standard InChI is InChI=1S/C29H40N4O/c1-23(2)27-8-3-4-9-28(27)24-10-12-26(13-11-24)31-16-14-30(15-17-31)22-29(34)33-20-18-32(19-21-33)25-6-5-7-25/h3-4,8-13,23,25H,5-7,14-22H2,1-2H3. The highest BCUT2D eigenvalue weighted by atomic mass is 16.2. The van der Waals surface area contributed by atoms with Gasteiger partial charge in [0.05, 0.1) is 6.54 Å². The van der Waals surface area contributed by atoms with E-state index in [1.165, 1.54) is 41.6 Å². The van der Waals surface area contributed by atoms with Gasteiger partial charge in [0.2, 0.25) is 5.91 Å². The molecule has 0 bridgehead atoms. The van der Waals surface area contributed by atoms with Crippen LogP contribution < -0.4 is 4.90 Å². The van der Waals surface area contributed by atoms with Gasteiger partial charge in [-0.05, 0) is 47.6 Å². The van der Waals surface area contributed by atoms with Crippen molar-refractivity contribution < 1.29 is 4.79 Å². The lowest BCUT2D eigenvalue weighted by Crippen LogP contribution is -2.56. The minimum atomic E-state index is 0.315. The predicted octanol–water partition coefficient (Wildman–Crippen LogP) is 4.30. The zero-order valence-electron chi connectivity index (χ0n) is 21.0. The van der Waals surface area contributed by atoms with Gasteiger partial charge in [0.15, 0.2) is 0 Å². The Kier molecular flexibility index (Phi) is 7.21. The number of carbonyl (C=O) groups is 1. The molecule has 5 nitrogen and oxygen atoms in total. The molecule has 0 radical (unpaired) electrons. The van der Waals surface area contributed by atoms with E-state index in [1.54, 1.807) is 0 Å². The second kappa shape index (κ2) is 10.5. The van der Waals surface area contributed by atoms with Crippen molar-refractivity contribution in [1.29, 1.82) is 0 Å². The number of carbonyl (C=O) groups excluding carboxylic acids is 1. The van der Waals surface area contributed by atoms with Crippen LogP contribution in [-0.4, -0.2) is 85.6 Å². The van der Waals surface area contributed by atoms with Crippen LogP contribution in [0.4, 0.5) is 5.69 Å². The van der Waals surface area contributed by atoms with Gasteiger partial charge >= 0.3 is 0 Å². The van der Waals surface area contributed by atoms with Crippen LogP contribution in [-0.2, 0) is 4.79 Å². The molecular weight excluding hydrogens is 420 g/mol. The predicted molar refractivity (Wildman–Crippen MR) is 140 cm³/mol. The molecule has 3 fully saturated rings. The molecule has 34 heavy (non-hydrogen) atoms. The van der Waals surface area contributed by atoms with Crippen LogP contribution in [0.2, 0.25) is 0 Å². The summed E-state index contributed by atoms with van der Waals surface area (Å²) < 4.78 is 0. The number of benzene rings is 2. The molecule has 2 heterocycles. The molecule has 0 spiro atoms. The van der Waals surface area contributed by atoms with Gasteiger partial charge in [0.1, 0.15) is 0 Å². The molecule has 5 rings (SSSR count). The highest BCUT2D eigenvalue weighted by Gasteiger charge is 2.30. The van der Waals surface area contributed by atoms with Crippen molar-refractivity contribution in [2.45, 2.75) is 45.1 Å². The number of rotatable bonds is 6. The van der Waals surface area contributed by atoms with E-state index in [2.05, 4.69) is 82.0 Å². The summed E-state index contributed by atoms with van der Waals surface area (Å²) >= 11 is 0. The summed E-state index contributed by atoms with van der Waals surface area (Å²) in [6.07, 6.45) is 4.09. The van der Waals surface area contributed by atoms with Crippen molar-refractivity contribution in [2.75, 3.05) is 63.8 Å². The van der Waals surface area contributed by atoms with Crippen LogP contribution in [0.3, 0.4) is 0 Å². The van der Waals surface area contributed by atoms with Crippen molar-refractivity contribution >= 4 is 11.6 Å². The van der Waals surface area contributed by atoms with E-state index < -0.39 is 0 Å². The lowest BCUT2D eigenvalue weighted by Gasteiger charge is -2.43. The summed E-state index contributed by atoms with van der Waals surface area (Å²) in [7, 11) is 0. The van der Waals surface area contributed by atoms with Crippen LogP contribution >= 0.6 is 0 Å². The van der Waals surface area contributed by atoms with Crippen LogP contribution in [0.25, 0.3) is 11.1 Å². The Bertz CT molecular complexity index is 952. The first-order chi connectivity index (χ1) is 16.6. The average molecular weight is 461 g/mol. The first-order valence-corrected chi connectivity index (χ1v) is 13.3. The van der Waals surface area contributed by atoms with Crippen molar-refractivity contribution in [3.8, 4) is 11.1 Å². The molecule has 2 saturated heterocycles. The van der Waals surface area contributed by atoms with E-state index in [9.17, 15) is 4.79 Å². The molecule has 1 aliphatic carbocycles. The molecule has 1 amide bonds. The minimum absolute atomic E-state index is 0.315. The van der Waals surface area contributed by atoms with Gasteiger partial charge in [-0.25, -0.2) is 0 Å². The van der Waals surface area contributed by atoms with Gasteiger partial charge in [-0.15, -0.1) is 0 Å². The molecule has 0 aromatic heterocycles. The number of anilines is 1. The smallest absolute Gasteiger partial charge is 0.236 e. The summed E-state index contributed by atoms with van der Waals surface area (Å²) in [6, 6.07) is 18.6. The summed E-state index contributed by atoms with van der Waals surface area (Å²) in [5.41, 5.74) is 5.30. The van der Waals surface area contributed by atoms with E-state index in [0.29, 0.717) is 18.4 Å². The third-order valence-electron chi connectivity index (χ3n) is 8.12. The fourth-order valence-electron chi connectivity index (χ4n) is 5.66. The van der Waals surface area contributed by atoms with Crippen LogP contribution in [0, 0.1) is 0 Å². The Balaban J connectivity index is 1.10. The van der Waals surface area contributed by atoms with E-state index in [0.717, 1.165) is 58.4 Å². The maximum absolute atomic E-state index is 12.9. The maximum atomic E-state index is 12.9. The number of piperazine rings is 2. The quantitative estimate of drug-likeness (QED) is 0.643. The molecule has 2 aromatic carbocycles. The third-order valence-corrected chi connectivity index (χ3v) is 8.12. The lowest BCUT2D eigenvalue weighted by molar-refractivity contribution is -0.134. The summed E-state index contributed by atoms with van der Waals surface area (Å²) in [5, 5.41) is 0. The van der Waals surface area contributed by atoms with Gasteiger partial charge in [-0.3, -0.25) is 14.6 Å². The highest BCUT2D eigenvalue weighted by molar-refractivity contribution is 5.78. The molecule has 2 aliphatic heterocycles. The Hall–Kier alpha value is -2.37. The maximum Gasteiger partial charge on any atom is 0.236 e. The van der Waals surface area contributed by atoms with Crippen LogP contribution in [0.1, 0.15) is 44.6 Å². The van der Waals surface area contributed by atoms with Gasteiger partial charge in [-0.2, -0.15) is 0 Å². The van der Waals surface area contributed by atoms with Gasteiger partial charge in [-0.1, -0.05) is 56.7 Å². The lowest BCUT2D eigenvalue weighted by atomic mass is 9.91. The van der Waals surface area contributed by atoms with Gasteiger partial charge < -0.3 is 9.80 Å². The highest BCUT2D eigenvalue weighted by Crippen LogP contribution is 2.30. The Labute approximate surface area is 205 Å². The second-order valence-corrected chi connectivity index (χ2v) is 10.6. The Morgan fingerprint density at radius 2 is 1.53 bits per heavy atom. The first-order valence-electron chi connectivity index (χ1n) is 13.3. The van der Waals surface area contributed by atoms with E-state index >= 15 is 0 Å². The number of hydrogen-bond donors (Lipinski definition) is 0. The monoisotopic (exact) mass is 460 g/mol. The summed E-state index contributed by atoms with van der Waals surface area (Å²) in [6.45, 7) is 12.9. The van der Waals surface area contributed by atoms with Crippen molar-refractivity contribution in [3.63, 3.8) is 0 Å². The Morgan fingerprint density at radius 1 is 0.853 bits per heavy atom. The van der Waals surface area contributed by atoms with Crippen LogP contribution in [0.5, 0.6) is 0 Å². The number of amides is 1.